The molecule has 0 spiro atoms. The third-order valence-electron chi connectivity index (χ3n) is 8.89. The maximum atomic E-state index is 12.5. The Balaban J connectivity index is 1.70. The van der Waals surface area contributed by atoms with Crippen LogP contribution in [0, 0.1) is 28.6 Å². The molecule has 3 nitrogen and oxygen atoms in total. The molecule has 0 aromatic rings. The van der Waals surface area contributed by atoms with Gasteiger partial charge in [0.25, 0.3) is 0 Å². The van der Waals surface area contributed by atoms with Gasteiger partial charge >= 0.3 is 0 Å². The standard InChI is InChI=1S/C24H37ClO3/c1-4-6-17(14-25)28-21-12-16(26)11-15-8-9-18-19-7-5-10-23(19,2)13-20(27)22(18)24(15,21)3/h11,17-22,27H,4-10,12-14H2,1-3H3/t17?,18-,19-,20-,21?,22+,23-,24+/m0/s1. The fourth-order valence-corrected chi connectivity index (χ4v) is 7.86. The number of aliphatic hydroxyl groups is 1. The molecule has 3 saturated carbocycles. The summed E-state index contributed by atoms with van der Waals surface area (Å²) in [7, 11) is 0. The van der Waals surface area contributed by atoms with E-state index >= 15 is 0 Å². The number of aliphatic hydroxyl groups excluding tert-OH is 1. The molecule has 0 radical (unpaired) electrons. The van der Waals surface area contributed by atoms with Gasteiger partial charge in [-0.2, -0.15) is 0 Å². The summed E-state index contributed by atoms with van der Waals surface area (Å²) in [6.45, 7) is 6.83. The highest BCUT2D eigenvalue weighted by Crippen LogP contribution is 2.65. The third kappa shape index (κ3) is 3.20. The summed E-state index contributed by atoms with van der Waals surface area (Å²) in [4.78, 5) is 12.5. The van der Waals surface area contributed by atoms with Crippen molar-refractivity contribution in [1.29, 1.82) is 0 Å². The molecule has 0 aromatic heterocycles. The molecule has 4 heteroatoms. The molecule has 4 rings (SSSR count). The molecule has 0 heterocycles. The Morgan fingerprint density at radius 2 is 2.14 bits per heavy atom. The van der Waals surface area contributed by atoms with E-state index in [1.54, 1.807) is 0 Å². The number of hydrogen-bond donors (Lipinski definition) is 1. The Morgan fingerprint density at radius 1 is 1.36 bits per heavy atom. The van der Waals surface area contributed by atoms with E-state index in [0.717, 1.165) is 32.1 Å². The number of carbonyl (C=O) groups excluding carboxylic acids is 1. The van der Waals surface area contributed by atoms with E-state index in [1.807, 2.05) is 6.08 Å². The van der Waals surface area contributed by atoms with Gasteiger partial charge in [-0.15, -0.1) is 11.6 Å². The summed E-state index contributed by atoms with van der Waals surface area (Å²) in [5.74, 6) is 2.08. The predicted molar refractivity (Wildman–Crippen MR) is 112 cm³/mol. The fraction of sp³-hybridized carbons (Fsp3) is 0.875. The van der Waals surface area contributed by atoms with Gasteiger partial charge in [-0.1, -0.05) is 39.2 Å². The molecule has 2 unspecified atom stereocenters. The summed E-state index contributed by atoms with van der Waals surface area (Å²) in [6.07, 6.45) is 10.6. The van der Waals surface area contributed by atoms with Crippen LogP contribution >= 0.6 is 11.6 Å². The van der Waals surface area contributed by atoms with Crippen LogP contribution in [0.2, 0.25) is 0 Å². The minimum absolute atomic E-state index is 0.0153. The first-order valence-corrected chi connectivity index (χ1v) is 12.0. The van der Waals surface area contributed by atoms with Gasteiger partial charge in [0, 0.05) is 17.7 Å². The molecule has 1 N–H and O–H groups in total. The van der Waals surface area contributed by atoms with Crippen LogP contribution in [0.1, 0.15) is 78.6 Å². The number of hydrogen-bond acceptors (Lipinski definition) is 3. The van der Waals surface area contributed by atoms with E-state index in [-0.39, 0.29) is 35.4 Å². The number of fused-ring (bicyclic) bond motifs is 5. The van der Waals surface area contributed by atoms with Crippen molar-refractivity contribution in [2.45, 2.75) is 96.9 Å². The summed E-state index contributed by atoms with van der Waals surface area (Å²) in [6, 6.07) is 0. The van der Waals surface area contributed by atoms with E-state index < -0.39 is 0 Å². The first kappa shape index (κ1) is 20.9. The molecule has 8 atom stereocenters. The molecule has 4 aliphatic carbocycles. The Bertz CT molecular complexity index is 646. The molecule has 4 aliphatic rings. The monoisotopic (exact) mass is 408 g/mol. The lowest BCUT2D eigenvalue weighted by Crippen LogP contribution is -2.60. The van der Waals surface area contributed by atoms with Crippen LogP contribution < -0.4 is 0 Å². The molecular formula is C24H37ClO3. The van der Waals surface area contributed by atoms with Gasteiger partial charge in [0.1, 0.15) is 0 Å². The second-order valence-electron chi connectivity index (χ2n) is 10.5. The molecule has 3 fully saturated rings. The van der Waals surface area contributed by atoms with Crippen LogP contribution in [0.4, 0.5) is 0 Å². The molecule has 158 valence electrons. The Hall–Kier alpha value is -0.380. The highest BCUT2D eigenvalue weighted by atomic mass is 35.5. The van der Waals surface area contributed by atoms with Gasteiger partial charge in [0.2, 0.25) is 0 Å². The van der Waals surface area contributed by atoms with E-state index in [1.165, 1.54) is 24.8 Å². The molecule has 0 aromatic carbocycles. The summed E-state index contributed by atoms with van der Waals surface area (Å²) < 4.78 is 6.55. The van der Waals surface area contributed by atoms with Crippen molar-refractivity contribution in [2.75, 3.05) is 5.88 Å². The lowest BCUT2D eigenvalue weighted by Gasteiger charge is -2.61. The second kappa shape index (κ2) is 7.71. The molecule has 0 bridgehead atoms. The van der Waals surface area contributed by atoms with Crippen molar-refractivity contribution in [1.82, 2.24) is 0 Å². The topological polar surface area (TPSA) is 46.5 Å². The number of carbonyl (C=O) groups is 1. The number of halogens is 1. The average molecular weight is 409 g/mol. The fourth-order valence-electron chi connectivity index (χ4n) is 7.64. The molecular weight excluding hydrogens is 372 g/mol. The van der Waals surface area contributed by atoms with Crippen LogP contribution in [0.5, 0.6) is 0 Å². The first-order valence-electron chi connectivity index (χ1n) is 11.5. The minimum Gasteiger partial charge on any atom is -0.393 e. The lowest BCUT2D eigenvalue weighted by molar-refractivity contribution is -0.172. The van der Waals surface area contributed by atoms with E-state index in [0.29, 0.717) is 29.6 Å². The number of ether oxygens (including phenoxy) is 1. The number of ketones is 1. The van der Waals surface area contributed by atoms with Crippen molar-refractivity contribution < 1.29 is 14.6 Å². The summed E-state index contributed by atoms with van der Waals surface area (Å²) in [5, 5.41) is 11.4. The van der Waals surface area contributed by atoms with Crippen molar-refractivity contribution in [3.05, 3.63) is 11.6 Å². The van der Waals surface area contributed by atoms with Crippen molar-refractivity contribution in [3.63, 3.8) is 0 Å². The second-order valence-corrected chi connectivity index (χ2v) is 10.8. The third-order valence-corrected chi connectivity index (χ3v) is 9.23. The van der Waals surface area contributed by atoms with Gasteiger partial charge in [-0.05, 0) is 67.8 Å². The van der Waals surface area contributed by atoms with E-state index in [9.17, 15) is 9.90 Å². The average Bonchev–Trinajstić information content (AvgIpc) is 3.03. The van der Waals surface area contributed by atoms with Gasteiger partial charge in [0.05, 0.1) is 18.3 Å². The quantitative estimate of drug-likeness (QED) is 0.629. The Morgan fingerprint density at radius 3 is 2.86 bits per heavy atom. The largest absolute Gasteiger partial charge is 0.393 e. The smallest absolute Gasteiger partial charge is 0.158 e. The van der Waals surface area contributed by atoms with Crippen molar-refractivity contribution in [2.24, 2.45) is 28.6 Å². The zero-order valence-corrected chi connectivity index (χ0v) is 18.5. The number of alkyl halides is 1. The van der Waals surface area contributed by atoms with Crippen LogP contribution in [0.25, 0.3) is 0 Å². The Kier molecular flexibility index (Phi) is 5.74. The minimum atomic E-state index is -0.307. The zero-order chi connectivity index (χ0) is 20.1. The lowest BCUT2D eigenvalue weighted by atomic mass is 9.46. The van der Waals surface area contributed by atoms with Crippen LogP contribution in [0.15, 0.2) is 11.6 Å². The SMILES string of the molecule is CCCC(CCl)OC1CC(=O)C=C2CC[C@@H]3[C@H]([C@@H](O)C[C@]4(C)CCC[C@@H]34)[C@]21C. The normalized spacial score (nSPS) is 46.4. The summed E-state index contributed by atoms with van der Waals surface area (Å²) in [5.41, 5.74) is 1.26. The molecule has 0 saturated heterocycles. The Labute approximate surface area is 175 Å². The van der Waals surface area contributed by atoms with Crippen LogP contribution in [0.3, 0.4) is 0 Å². The molecule has 0 amide bonds. The van der Waals surface area contributed by atoms with Gasteiger partial charge in [-0.25, -0.2) is 0 Å². The van der Waals surface area contributed by atoms with Crippen LogP contribution in [-0.4, -0.2) is 35.1 Å². The van der Waals surface area contributed by atoms with Crippen molar-refractivity contribution in [3.8, 4) is 0 Å². The van der Waals surface area contributed by atoms with E-state index in [4.69, 9.17) is 16.3 Å². The van der Waals surface area contributed by atoms with Gasteiger partial charge < -0.3 is 9.84 Å². The highest BCUT2D eigenvalue weighted by Gasteiger charge is 2.62. The molecule has 0 aliphatic heterocycles. The van der Waals surface area contributed by atoms with Gasteiger partial charge in [-0.3, -0.25) is 4.79 Å². The van der Waals surface area contributed by atoms with E-state index in [2.05, 4.69) is 20.8 Å². The maximum Gasteiger partial charge on any atom is 0.158 e. The molecule has 28 heavy (non-hydrogen) atoms. The number of rotatable bonds is 5. The zero-order valence-electron chi connectivity index (χ0n) is 17.8. The predicted octanol–water partition coefficient (Wildman–Crippen LogP) is 5.28. The first-order chi connectivity index (χ1) is 13.3. The van der Waals surface area contributed by atoms with Crippen molar-refractivity contribution >= 4 is 17.4 Å². The van der Waals surface area contributed by atoms with Gasteiger partial charge in [0.15, 0.2) is 5.78 Å². The van der Waals surface area contributed by atoms with Crippen LogP contribution in [-0.2, 0) is 9.53 Å². The maximum absolute atomic E-state index is 12.5. The summed E-state index contributed by atoms with van der Waals surface area (Å²) >= 11 is 6.21. The highest BCUT2D eigenvalue weighted by molar-refractivity contribution is 6.18.